The predicted molar refractivity (Wildman–Crippen MR) is 106 cm³/mol. The van der Waals surface area contributed by atoms with Gasteiger partial charge in [0.1, 0.15) is 12.4 Å². The fourth-order valence-electron chi connectivity index (χ4n) is 3.42. The highest BCUT2D eigenvalue weighted by atomic mass is 32.1. The third-order valence-electron chi connectivity index (χ3n) is 4.71. The lowest BCUT2D eigenvalue weighted by molar-refractivity contribution is 0.0930. The number of likely N-dealkylation sites (tertiary alicyclic amines) is 1. The monoisotopic (exact) mass is 382 g/mol. The third-order valence-corrected chi connectivity index (χ3v) is 5.41. The largest absolute Gasteiger partial charge is 0.467 e. The number of carbonyl (C=O) groups is 1. The summed E-state index contributed by atoms with van der Waals surface area (Å²) in [7, 11) is 0. The summed E-state index contributed by atoms with van der Waals surface area (Å²) in [5.74, 6) is 0.799. The van der Waals surface area contributed by atoms with Gasteiger partial charge in [0, 0.05) is 12.2 Å². The van der Waals surface area contributed by atoms with Crippen molar-refractivity contribution in [3.05, 3.63) is 76.4 Å². The summed E-state index contributed by atoms with van der Waals surface area (Å²) in [4.78, 5) is 14.7. The summed E-state index contributed by atoms with van der Waals surface area (Å²) in [6.07, 6.45) is 3.69. The number of anilines is 1. The molecule has 0 bridgehead atoms. The highest BCUT2D eigenvalue weighted by Gasteiger charge is 2.30. The zero-order valence-corrected chi connectivity index (χ0v) is 15.8. The Hall–Kier alpha value is -2.57. The van der Waals surface area contributed by atoms with Gasteiger partial charge in [-0.05, 0) is 65.1 Å². The highest BCUT2D eigenvalue weighted by molar-refractivity contribution is 7.08. The predicted octanol–water partition coefficient (Wildman–Crippen LogP) is 5.43. The minimum atomic E-state index is -0.0441. The molecule has 2 aromatic heterocycles. The van der Waals surface area contributed by atoms with E-state index in [4.69, 9.17) is 9.15 Å². The van der Waals surface area contributed by atoms with Gasteiger partial charge in [0.05, 0.1) is 18.9 Å². The fourth-order valence-corrected chi connectivity index (χ4v) is 4.13. The molecule has 5 nitrogen and oxygen atoms in total. The van der Waals surface area contributed by atoms with Crippen LogP contribution < -0.4 is 5.32 Å². The molecule has 1 aliphatic heterocycles. The maximum Gasteiger partial charge on any atom is 0.322 e. The Balaban J connectivity index is 1.35. The molecular weight excluding hydrogens is 360 g/mol. The summed E-state index contributed by atoms with van der Waals surface area (Å²) in [5.41, 5.74) is 3.03. The molecule has 0 aliphatic carbocycles. The number of benzene rings is 1. The van der Waals surface area contributed by atoms with E-state index in [0.717, 1.165) is 36.4 Å². The quantitative estimate of drug-likeness (QED) is 0.619. The molecule has 3 aromatic rings. The van der Waals surface area contributed by atoms with Crippen molar-refractivity contribution in [1.82, 2.24) is 4.90 Å². The summed E-state index contributed by atoms with van der Waals surface area (Å²) >= 11 is 1.67. The highest BCUT2D eigenvalue weighted by Crippen LogP contribution is 2.33. The third kappa shape index (κ3) is 4.40. The van der Waals surface area contributed by atoms with Crippen LogP contribution in [0.3, 0.4) is 0 Å². The molecule has 2 amide bonds. The molecule has 3 heterocycles. The average molecular weight is 382 g/mol. The van der Waals surface area contributed by atoms with Crippen LogP contribution in [0.15, 0.2) is 63.9 Å². The van der Waals surface area contributed by atoms with Gasteiger partial charge in [0.15, 0.2) is 0 Å². The van der Waals surface area contributed by atoms with Crippen LogP contribution in [0.1, 0.15) is 35.8 Å². The molecule has 1 N–H and O–H groups in total. The van der Waals surface area contributed by atoms with Crippen molar-refractivity contribution in [3.8, 4) is 0 Å². The van der Waals surface area contributed by atoms with Crippen LogP contribution >= 0.6 is 11.3 Å². The fraction of sp³-hybridized carbons (Fsp3) is 0.286. The topological polar surface area (TPSA) is 54.7 Å². The molecule has 27 heavy (non-hydrogen) atoms. The molecular formula is C21H22N2O3S. The summed E-state index contributed by atoms with van der Waals surface area (Å²) in [6.45, 7) is 1.68. The lowest BCUT2D eigenvalue weighted by atomic mass is 10.1. The number of urea groups is 1. The molecule has 1 aromatic carbocycles. The molecule has 4 rings (SSSR count). The molecule has 140 valence electrons. The van der Waals surface area contributed by atoms with E-state index in [9.17, 15) is 4.79 Å². The van der Waals surface area contributed by atoms with Crippen molar-refractivity contribution >= 4 is 23.1 Å². The normalized spacial score (nSPS) is 16.6. The van der Waals surface area contributed by atoms with E-state index in [2.05, 4.69) is 22.1 Å². The van der Waals surface area contributed by atoms with Crippen molar-refractivity contribution in [1.29, 1.82) is 0 Å². The lowest BCUT2D eigenvalue weighted by Crippen LogP contribution is -2.34. The van der Waals surface area contributed by atoms with Crippen LogP contribution in [0.5, 0.6) is 0 Å². The van der Waals surface area contributed by atoms with E-state index in [1.165, 1.54) is 5.56 Å². The molecule has 0 spiro atoms. The smallest absolute Gasteiger partial charge is 0.322 e. The minimum Gasteiger partial charge on any atom is -0.467 e. The zero-order chi connectivity index (χ0) is 18.5. The number of thiophene rings is 1. The number of nitrogens with zero attached hydrogens (tertiary/aromatic N) is 1. The molecule has 1 atom stereocenters. The van der Waals surface area contributed by atoms with Crippen LogP contribution in [-0.4, -0.2) is 17.5 Å². The Kier molecular flexibility index (Phi) is 5.55. The first-order chi connectivity index (χ1) is 13.3. The Morgan fingerprint density at radius 2 is 2.22 bits per heavy atom. The summed E-state index contributed by atoms with van der Waals surface area (Å²) in [6, 6.07) is 13.8. The second-order valence-corrected chi connectivity index (χ2v) is 7.39. The van der Waals surface area contributed by atoms with Crippen LogP contribution in [0.4, 0.5) is 10.5 Å². The number of hydrogen-bond acceptors (Lipinski definition) is 4. The molecule has 1 aliphatic rings. The molecule has 0 saturated carbocycles. The Morgan fingerprint density at radius 1 is 1.26 bits per heavy atom. The number of furan rings is 1. The van der Waals surface area contributed by atoms with Crippen molar-refractivity contribution in [2.24, 2.45) is 0 Å². The molecule has 1 saturated heterocycles. The summed E-state index contributed by atoms with van der Waals surface area (Å²) < 4.78 is 10.9. The van der Waals surface area contributed by atoms with Gasteiger partial charge < -0.3 is 19.4 Å². The van der Waals surface area contributed by atoms with Crippen molar-refractivity contribution in [2.75, 3.05) is 11.9 Å². The Labute approximate surface area is 162 Å². The van der Waals surface area contributed by atoms with Crippen molar-refractivity contribution in [2.45, 2.75) is 32.1 Å². The van der Waals surface area contributed by atoms with Crippen LogP contribution in [-0.2, 0) is 18.0 Å². The minimum absolute atomic E-state index is 0.0441. The van der Waals surface area contributed by atoms with Gasteiger partial charge in [-0.1, -0.05) is 12.1 Å². The second-order valence-electron chi connectivity index (χ2n) is 6.61. The maximum absolute atomic E-state index is 12.8. The van der Waals surface area contributed by atoms with E-state index in [0.29, 0.717) is 13.2 Å². The maximum atomic E-state index is 12.8. The second kappa shape index (κ2) is 8.41. The molecule has 6 heteroatoms. The average Bonchev–Trinajstić information content (AvgIpc) is 3.43. The number of carbonyl (C=O) groups excluding carboxylic acids is 1. The number of hydrogen-bond donors (Lipinski definition) is 1. The number of ether oxygens (including phenoxy) is 1. The van der Waals surface area contributed by atoms with E-state index >= 15 is 0 Å². The van der Waals surface area contributed by atoms with E-state index in [1.807, 2.05) is 41.3 Å². The summed E-state index contributed by atoms with van der Waals surface area (Å²) in [5, 5.41) is 7.23. The molecule has 0 radical (unpaired) electrons. The van der Waals surface area contributed by atoms with Crippen molar-refractivity contribution in [3.63, 3.8) is 0 Å². The zero-order valence-electron chi connectivity index (χ0n) is 15.0. The van der Waals surface area contributed by atoms with Gasteiger partial charge in [-0.15, -0.1) is 0 Å². The number of amides is 2. The van der Waals surface area contributed by atoms with E-state index in [1.54, 1.807) is 17.6 Å². The Morgan fingerprint density at radius 3 is 3.04 bits per heavy atom. The van der Waals surface area contributed by atoms with Gasteiger partial charge in [0.2, 0.25) is 0 Å². The van der Waals surface area contributed by atoms with Gasteiger partial charge >= 0.3 is 6.03 Å². The standard InChI is InChI=1S/C21H22N2O3S/c24-21(23-9-2-7-20(23)17-8-11-27-15-17)22-18-5-1-4-16(12-18)13-25-14-19-6-3-10-26-19/h1,3-6,8,10-12,15,20H,2,7,9,13-14H2,(H,22,24)/t20-/m0/s1. The van der Waals surface area contributed by atoms with E-state index in [-0.39, 0.29) is 12.1 Å². The van der Waals surface area contributed by atoms with Crippen LogP contribution in [0, 0.1) is 0 Å². The number of nitrogens with one attached hydrogen (secondary N) is 1. The van der Waals surface area contributed by atoms with Crippen molar-refractivity contribution < 1.29 is 13.9 Å². The van der Waals surface area contributed by atoms with Gasteiger partial charge in [-0.3, -0.25) is 0 Å². The first kappa shape index (κ1) is 17.8. The first-order valence-corrected chi connectivity index (χ1v) is 10.0. The molecule has 0 unspecified atom stereocenters. The number of rotatable bonds is 6. The van der Waals surface area contributed by atoms with E-state index < -0.39 is 0 Å². The van der Waals surface area contributed by atoms with Crippen LogP contribution in [0.25, 0.3) is 0 Å². The van der Waals surface area contributed by atoms with Gasteiger partial charge in [-0.25, -0.2) is 4.79 Å². The van der Waals surface area contributed by atoms with Gasteiger partial charge in [-0.2, -0.15) is 11.3 Å². The first-order valence-electron chi connectivity index (χ1n) is 9.08. The van der Waals surface area contributed by atoms with Gasteiger partial charge in [0.25, 0.3) is 0 Å². The Bertz CT molecular complexity index is 861. The van der Waals surface area contributed by atoms with Crippen LogP contribution in [0.2, 0.25) is 0 Å². The molecule has 1 fully saturated rings. The lowest BCUT2D eigenvalue weighted by Gasteiger charge is -2.24. The SMILES string of the molecule is O=C(Nc1cccc(COCc2ccco2)c1)N1CCC[C@H]1c1ccsc1.